The summed E-state index contributed by atoms with van der Waals surface area (Å²) in [6, 6.07) is 2.18. The standard InChI is InChI=1S/C13H13F2NO3S/c14-8-1-2-11(15)10(5-8)13(19)16-3-4-20-7-9(16)6-12(17)18/h1-2,5,9H,3-4,6-7H2,(H,17,18). The number of benzene rings is 1. The number of nitrogens with zero attached hydrogens (tertiary/aromatic N) is 1. The van der Waals surface area contributed by atoms with Crippen LogP contribution in [0.15, 0.2) is 18.2 Å². The summed E-state index contributed by atoms with van der Waals surface area (Å²) in [5.74, 6) is -2.04. The highest BCUT2D eigenvalue weighted by Crippen LogP contribution is 2.22. The SMILES string of the molecule is O=C(O)CC1CSCCN1C(=O)c1cc(F)ccc1F. The summed E-state index contributed by atoms with van der Waals surface area (Å²) in [6.45, 7) is 0.331. The molecule has 1 aliphatic rings. The third-order valence-electron chi connectivity index (χ3n) is 3.06. The number of carbonyl (C=O) groups excluding carboxylic acids is 1. The van der Waals surface area contributed by atoms with Crippen LogP contribution in [0.4, 0.5) is 8.78 Å². The van der Waals surface area contributed by atoms with E-state index in [0.717, 1.165) is 18.2 Å². The van der Waals surface area contributed by atoms with E-state index in [2.05, 4.69) is 0 Å². The molecular formula is C13H13F2NO3S. The Morgan fingerprint density at radius 1 is 1.40 bits per heavy atom. The van der Waals surface area contributed by atoms with Crippen molar-refractivity contribution in [3.63, 3.8) is 0 Å². The highest BCUT2D eigenvalue weighted by molar-refractivity contribution is 7.99. The van der Waals surface area contributed by atoms with Crippen molar-refractivity contribution >= 4 is 23.6 Å². The zero-order chi connectivity index (χ0) is 14.7. The van der Waals surface area contributed by atoms with Crippen molar-refractivity contribution in [1.29, 1.82) is 0 Å². The van der Waals surface area contributed by atoms with Crippen LogP contribution in [0.3, 0.4) is 0 Å². The first-order valence-electron chi connectivity index (χ1n) is 6.04. The van der Waals surface area contributed by atoms with Crippen LogP contribution in [0.1, 0.15) is 16.8 Å². The third kappa shape index (κ3) is 3.27. The highest BCUT2D eigenvalue weighted by Gasteiger charge is 2.30. The predicted molar refractivity (Wildman–Crippen MR) is 70.8 cm³/mol. The summed E-state index contributed by atoms with van der Waals surface area (Å²) < 4.78 is 26.8. The van der Waals surface area contributed by atoms with Crippen molar-refractivity contribution in [2.75, 3.05) is 18.1 Å². The van der Waals surface area contributed by atoms with E-state index in [1.54, 1.807) is 11.8 Å². The van der Waals surface area contributed by atoms with Gasteiger partial charge < -0.3 is 10.0 Å². The quantitative estimate of drug-likeness (QED) is 0.927. The minimum Gasteiger partial charge on any atom is -0.481 e. The molecule has 1 aromatic rings. The Hall–Kier alpha value is -1.63. The predicted octanol–water partition coefficient (Wildman–Crippen LogP) is 2.00. The molecule has 1 fully saturated rings. The Kier molecular flexibility index (Phi) is 4.59. The lowest BCUT2D eigenvalue weighted by molar-refractivity contribution is -0.138. The van der Waals surface area contributed by atoms with Crippen molar-refractivity contribution in [3.8, 4) is 0 Å². The van der Waals surface area contributed by atoms with Crippen LogP contribution >= 0.6 is 11.8 Å². The Morgan fingerprint density at radius 2 is 2.15 bits per heavy atom. The van der Waals surface area contributed by atoms with Crippen LogP contribution in [-0.2, 0) is 4.79 Å². The Morgan fingerprint density at radius 3 is 2.85 bits per heavy atom. The minimum absolute atomic E-state index is 0.199. The molecule has 0 bridgehead atoms. The summed E-state index contributed by atoms with van der Waals surface area (Å²) >= 11 is 1.54. The molecular weight excluding hydrogens is 288 g/mol. The van der Waals surface area contributed by atoms with E-state index < -0.39 is 29.6 Å². The van der Waals surface area contributed by atoms with Crippen molar-refractivity contribution < 1.29 is 23.5 Å². The molecule has 20 heavy (non-hydrogen) atoms. The first kappa shape index (κ1) is 14.8. The lowest BCUT2D eigenvalue weighted by Crippen LogP contribution is -2.47. The number of carbonyl (C=O) groups is 2. The average Bonchev–Trinajstić information content (AvgIpc) is 2.41. The Bertz CT molecular complexity index is 538. The lowest BCUT2D eigenvalue weighted by atomic mass is 10.1. The van der Waals surface area contributed by atoms with Gasteiger partial charge in [0.1, 0.15) is 11.6 Å². The molecule has 4 nitrogen and oxygen atoms in total. The molecule has 0 saturated carbocycles. The molecule has 1 aliphatic heterocycles. The fraction of sp³-hybridized carbons (Fsp3) is 0.385. The number of thioether (sulfide) groups is 1. The molecule has 1 heterocycles. The molecule has 2 rings (SSSR count). The second kappa shape index (κ2) is 6.21. The Labute approximate surface area is 118 Å². The molecule has 1 atom stereocenters. The van der Waals surface area contributed by atoms with Gasteiger partial charge >= 0.3 is 5.97 Å². The highest BCUT2D eigenvalue weighted by atomic mass is 32.2. The molecule has 0 aliphatic carbocycles. The van der Waals surface area contributed by atoms with Gasteiger partial charge in [0, 0.05) is 18.1 Å². The van der Waals surface area contributed by atoms with Crippen molar-refractivity contribution in [2.45, 2.75) is 12.5 Å². The minimum atomic E-state index is -1.02. The van der Waals surface area contributed by atoms with Gasteiger partial charge in [-0.15, -0.1) is 0 Å². The number of hydrogen-bond donors (Lipinski definition) is 1. The molecule has 1 amide bonds. The van der Waals surface area contributed by atoms with Gasteiger partial charge in [0.15, 0.2) is 0 Å². The Balaban J connectivity index is 2.25. The van der Waals surface area contributed by atoms with E-state index in [4.69, 9.17) is 5.11 Å². The van der Waals surface area contributed by atoms with E-state index >= 15 is 0 Å². The number of hydrogen-bond acceptors (Lipinski definition) is 3. The maximum atomic E-state index is 13.6. The fourth-order valence-corrected chi connectivity index (χ4v) is 3.17. The smallest absolute Gasteiger partial charge is 0.305 e. The summed E-state index contributed by atoms with van der Waals surface area (Å²) in [4.78, 5) is 24.4. The van der Waals surface area contributed by atoms with Crippen LogP contribution in [0, 0.1) is 11.6 Å². The van der Waals surface area contributed by atoms with Crippen molar-refractivity contribution in [1.82, 2.24) is 4.90 Å². The van der Waals surface area contributed by atoms with Crippen LogP contribution in [-0.4, -0.2) is 46.0 Å². The molecule has 1 saturated heterocycles. The van der Waals surface area contributed by atoms with E-state index in [9.17, 15) is 18.4 Å². The van der Waals surface area contributed by atoms with E-state index in [1.807, 2.05) is 0 Å². The molecule has 7 heteroatoms. The molecule has 1 unspecified atom stereocenters. The first-order valence-corrected chi connectivity index (χ1v) is 7.20. The lowest BCUT2D eigenvalue weighted by Gasteiger charge is -2.34. The number of aliphatic carboxylic acids is 1. The average molecular weight is 301 g/mol. The van der Waals surface area contributed by atoms with Crippen LogP contribution < -0.4 is 0 Å². The van der Waals surface area contributed by atoms with Gasteiger partial charge in [-0.25, -0.2) is 8.78 Å². The van der Waals surface area contributed by atoms with Crippen molar-refractivity contribution in [3.05, 3.63) is 35.4 Å². The third-order valence-corrected chi connectivity index (χ3v) is 4.15. The molecule has 0 spiro atoms. The number of carboxylic acids is 1. The monoisotopic (exact) mass is 301 g/mol. The van der Waals surface area contributed by atoms with E-state index in [1.165, 1.54) is 4.90 Å². The topological polar surface area (TPSA) is 57.6 Å². The van der Waals surface area contributed by atoms with E-state index in [0.29, 0.717) is 18.1 Å². The van der Waals surface area contributed by atoms with Crippen LogP contribution in [0.25, 0.3) is 0 Å². The summed E-state index contributed by atoms with van der Waals surface area (Å²) in [5.41, 5.74) is -0.354. The maximum absolute atomic E-state index is 13.6. The normalized spacial score (nSPS) is 18.9. The zero-order valence-electron chi connectivity index (χ0n) is 10.5. The van der Waals surface area contributed by atoms with Gasteiger partial charge in [-0.1, -0.05) is 0 Å². The second-order valence-corrected chi connectivity index (χ2v) is 5.60. The van der Waals surface area contributed by atoms with Gasteiger partial charge in [0.2, 0.25) is 0 Å². The van der Waals surface area contributed by atoms with Gasteiger partial charge in [-0.3, -0.25) is 9.59 Å². The fourth-order valence-electron chi connectivity index (χ4n) is 2.11. The zero-order valence-corrected chi connectivity index (χ0v) is 11.3. The van der Waals surface area contributed by atoms with Crippen molar-refractivity contribution in [2.24, 2.45) is 0 Å². The molecule has 0 radical (unpaired) electrons. The summed E-state index contributed by atoms with van der Waals surface area (Å²) in [5, 5.41) is 8.85. The molecule has 1 aromatic carbocycles. The van der Waals surface area contributed by atoms with Crippen LogP contribution in [0.2, 0.25) is 0 Å². The van der Waals surface area contributed by atoms with Gasteiger partial charge in [0.25, 0.3) is 5.91 Å². The number of amides is 1. The first-order chi connectivity index (χ1) is 9.49. The summed E-state index contributed by atoms with van der Waals surface area (Å²) in [7, 11) is 0. The van der Waals surface area contributed by atoms with Crippen LogP contribution in [0.5, 0.6) is 0 Å². The van der Waals surface area contributed by atoms with Gasteiger partial charge in [-0.2, -0.15) is 11.8 Å². The molecule has 108 valence electrons. The maximum Gasteiger partial charge on any atom is 0.305 e. The van der Waals surface area contributed by atoms with Gasteiger partial charge in [0.05, 0.1) is 18.0 Å². The van der Waals surface area contributed by atoms with Gasteiger partial charge in [-0.05, 0) is 18.2 Å². The summed E-state index contributed by atoms with van der Waals surface area (Å²) in [6.07, 6.45) is -0.199. The number of rotatable bonds is 3. The number of halogens is 2. The second-order valence-electron chi connectivity index (χ2n) is 4.45. The molecule has 0 aromatic heterocycles. The number of carboxylic acid groups (broad SMARTS) is 1. The van der Waals surface area contributed by atoms with E-state index in [-0.39, 0.29) is 12.0 Å². The largest absolute Gasteiger partial charge is 0.481 e. The molecule has 1 N–H and O–H groups in total.